The summed E-state index contributed by atoms with van der Waals surface area (Å²) in [5, 5.41) is 38.7. The Morgan fingerprint density at radius 3 is 2.45 bits per heavy atom. The van der Waals surface area contributed by atoms with E-state index in [1.165, 1.54) is 0 Å². The van der Waals surface area contributed by atoms with Crippen LogP contribution in [0.15, 0.2) is 24.3 Å². The van der Waals surface area contributed by atoms with E-state index in [2.05, 4.69) is 37.2 Å². The molecule has 2 fully saturated rings. The summed E-state index contributed by atoms with van der Waals surface area (Å²) in [6, 6.07) is 4.81. The Balaban J connectivity index is 1.35. The molecule has 0 aromatic heterocycles. The highest BCUT2D eigenvalue weighted by Crippen LogP contribution is 2.12. The third-order valence-corrected chi connectivity index (χ3v) is 7.01. The molecule has 5 atom stereocenters. The number of carbonyl (C=O) groups is 5. The van der Waals surface area contributed by atoms with Gasteiger partial charge >= 0.3 is 5.97 Å². The zero-order chi connectivity index (χ0) is 30.5. The maximum absolute atomic E-state index is 12.7. The number of nitrogens with one attached hydrogen (secondary N) is 8. The molecule has 2 saturated heterocycles. The Kier molecular flexibility index (Phi) is 12.9. The highest BCUT2D eigenvalue weighted by atomic mass is 16.5. The van der Waals surface area contributed by atoms with Crippen LogP contribution in [0, 0.1) is 0 Å². The lowest BCUT2D eigenvalue weighted by Gasteiger charge is -2.42. The minimum Gasteiger partial charge on any atom is -0.480 e. The van der Waals surface area contributed by atoms with Gasteiger partial charge in [-0.1, -0.05) is 12.8 Å². The molecule has 0 spiro atoms. The molecule has 1 aromatic rings. The van der Waals surface area contributed by atoms with E-state index in [9.17, 15) is 29.1 Å². The first-order valence-corrected chi connectivity index (χ1v) is 14.0. The Hall–Kier alpha value is -3.83. The van der Waals surface area contributed by atoms with Gasteiger partial charge in [0.2, 0.25) is 17.7 Å². The number of hydrogen-bond donors (Lipinski definition) is 11. The van der Waals surface area contributed by atoms with Gasteiger partial charge in [0.25, 0.3) is 5.91 Å². The minimum atomic E-state index is -1.24. The second kappa shape index (κ2) is 16.6. The molecule has 232 valence electrons. The number of unbranched alkanes of at least 4 members (excludes halogenated alkanes) is 3. The second-order valence-electron chi connectivity index (χ2n) is 10.3. The number of aliphatic carboxylic acids is 1. The average Bonchev–Trinajstić information content (AvgIpc) is 2.97. The van der Waals surface area contributed by atoms with Gasteiger partial charge in [0.15, 0.2) is 0 Å². The van der Waals surface area contributed by atoms with Gasteiger partial charge in [0, 0.05) is 49.8 Å². The molecule has 4 amide bonds. The summed E-state index contributed by atoms with van der Waals surface area (Å²) in [6.45, 7) is 1.53. The maximum Gasteiger partial charge on any atom is 0.326 e. The van der Waals surface area contributed by atoms with Crippen molar-refractivity contribution in [2.24, 2.45) is 5.73 Å². The van der Waals surface area contributed by atoms with E-state index in [-0.39, 0.29) is 48.8 Å². The zero-order valence-corrected chi connectivity index (χ0v) is 23.3. The summed E-state index contributed by atoms with van der Waals surface area (Å²) >= 11 is 0. The molecule has 0 aliphatic carbocycles. The number of hydrogen-bond acceptors (Lipinski definition) is 11. The summed E-state index contributed by atoms with van der Waals surface area (Å²) in [5.41, 5.74) is 8.32. The van der Waals surface area contributed by atoms with Crippen LogP contribution in [0.4, 0.5) is 5.69 Å². The van der Waals surface area contributed by atoms with Gasteiger partial charge in [0.1, 0.15) is 18.4 Å². The summed E-state index contributed by atoms with van der Waals surface area (Å²) < 4.78 is 0. The molecule has 12 N–H and O–H groups in total. The molecule has 2 heterocycles. The smallest absolute Gasteiger partial charge is 0.326 e. The van der Waals surface area contributed by atoms with Crippen molar-refractivity contribution in [2.45, 2.75) is 75.5 Å². The fraction of sp³-hybridized carbons (Fsp3) is 0.577. The first-order valence-electron chi connectivity index (χ1n) is 14.0. The van der Waals surface area contributed by atoms with Gasteiger partial charge < -0.3 is 26.4 Å². The monoisotopic (exact) mass is 591 g/mol. The van der Waals surface area contributed by atoms with Gasteiger partial charge in [-0.3, -0.25) is 46.1 Å². The van der Waals surface area contributed by atoms with E-state index in [0.717, 1.165) is 18.5 Å². The van der Waals surface area contributed by atoms with Crippen LogP contribution in [-0.4, -0.2) is 90.1 Å². The SMILES string of the molecule is NC1NC(=O)C2NC(CNc3ccc(C(=O)N[C@@H](CCC(=O)NCCCCCCC(=O)NO)C(=O)O)cc3)CNC2N1. The molecule has 16 heteroatoms. The van der Waals surface area contributed by atoms with E-state index in [0.29, 0.717) is 32.5 Å². The van der Waals surface area contributed by atoms with Crippen molar-refractivity contribution < 1.29 is 34.3 Å². The summed E-state index contributed by atoms with van der Waals surface area (Å²) in [7, 11) is 0. The van der Waals surface area contributed by atoms with E-state index in [4.69, 9.17) is 10.9 Å². The number of carboxylic acid groups (broad SMARTS) is 1. The van der Waals surface area contributed by atoms with Crippen molar-refractivity contribution in [1.29, 1.82) is 0 Å². The highest BCUT2D eigenvalue weighted by molar-refractivity contribution is 5.97. The topological polar surface area (TPSA) is 248 Å². The van der Waals surface area contributed by atoms with E-state index in [1.807, 2.05) is 0 Å². The average molecular weight is 592 g/mol. The van der Waals surface area contributed by atoms with Crippen LogP contribution >= 0.6 is 0 Å². The van der Waals surface area contributed by atoms with Gasteiger partial charge in [-0.15, -0.1) is 0 Å². The van der Waals surface area contributed by atoms with Crippen molar-refractivity contribution in [3.63, 3.8) is 0 Å². The summed E-state index contributed by atoms with van der Waals surface area (Å²) in [6.07, 6.45) is 2.15. The molecule has 0 saturated carbocycles. The van der Waals surface area contributed by atoms with Gasteiger partial charge in [-0.2, -0.15) is 0 Å². The second-order valence-corrected chi connectivity index (χ2v) is 10.3. The first-order chi connectivity index (χ1) is 20.2. The Morgan fingerprint density at radius 2 is 1.74 bits per heavy atom. The Morgan fingerprint density at radius 1 is 1.00 bits per heavy atom. The van der Waals surface area contributed by atoms with Gasteiger partial charge in [0.05, 0.1) is 6.17 Å². The van der Waals surface area contributed by atoms with Crippen LogP contribution in [0.25, 0.3) is 0 Å². The number of benzene rings is 1. The number of hydroxylamine groups is 1. The largest absolute Gasteiger partial charge is 0.480 e. The van der Waals surface area contributed by atoms with Crippen molar-refractivity contribution in [2.75, 3.05) is 25.0 Å². The normalized spacial score (nSPS) is 22.2. The third kappa shape index (κ3) is 10.5. The fourth-order valence-corrected chi connectivity index (χ4v) is 4.68. The van der Waals surface area contributed by atoms with Crippen LogP contribution in [0.2, 0.25) is 0 Å². The fourth-order valence-electron chi connectivity index (χ4n) is 4.68. The molecule has 16 nitrogen and oxygen atoms in total. The van der Waals surface area contributed by atoms with Gasteiger partial charge in [-0.25, -0.2) is 10.3 Å². The van der Waals surface area contributed by atoms with E-state index < -0.39 is 36.2 Å². The molecule has 1 aromatic carbocycles. The molecule has 0 bridgehead atoms. The molecular weight excluding hydrogens is 550 g/mol. The van der Waals surface area contributed by atoms with E-state index in [1.54, 1.807) is 29.7 Å². The molecular formula is C26H41N9O7. The van der Waals surface area contributed by atoms with Crippen LogP contribution in [0.1, 0.15) is 55.3 Å². The summed E-state index contributed by atoms with van der Waals surface area (Å²) in [4.78, 5) is 59.6. The predicted molar refractivity (Wildman–Crippen MR) is 151 cm³/mol. The number of carbonyl (C=O) groups excluding carboxylic acids is 4. The van der Waals surface area contributed by atoms with Crippen molar-refractivity contribution in [3.05, 3.63) is 29.8 Å². The molecule has 4 unspecified atom stereocenters. The number of fused-ring (bicyclic) bond motifs is 1. The highest BCUT2D eigenvalue weighted by Gasteiger charge is 2.39. The standard InChI is InChI=1S/C26H41N9O7/c27-26-33-22-21(24(39)34-26)31-17(14-30-22)13-29-16-8-6-15(7-9-16)23(38)32-18(25(40)41)10-11-19(36)28-12-4-2-1-3-5-20(37)35-42/h6-9,17-18,21-22,26,29-31,33,42H,1-5,10-14,27H2,(H,28,36)(H,32,38)(H,34,39)(H,35,37)(H,40,41)/t17?,18-,21?,22?,26?/m0/s1. The molecule has 42 heavy (non-hydrogen) atoms. The Bertz CT molecular complexity index is 1090. The van der Waals surface area contributed by atoms with Crippen LogP contribution in [-0.2, 0) is 19.2 Å². The molecule has 0 radical (unpaired) electrons. The number of anilines is 1. The van der Waals surface area contributed by atoms with Crippen molar-refractivity contribution in [1.82, 2.24) is 37.4 Å². The van der Waals surface area contributed by atoms with Crippen LogP contribution in [0.3, 0.4) is 0 Å². The number of carboxylic acids is 1. The number of rotatable bonds is 16. The summed E-state index contributed by atoms with van der Waals surface area (Å²) in [5.74, 6) is -2.73. The number of piperazine rings is 1. The maximum atomic E-state index is 12.7. The lowest BCUT2D eigenvalue weighted by Crippen LogP contribution is -2.78. The Labute approximate surface area is 243 Å². The van der Waals surface area contributed by atoms with Crippen molar-refractivity contribution >= 4 is 35.3 Å². The lowest BCUT2D eigenvalue weighted by atomic mass is 10.1. The van der Waals surface area contributed by atoms with Crippen molar-refractivity contribution in [3.8, 4) is 0 Å². The van der Waals surface area contributed by atoms with Crippen LogP contribution in [0.5, 0.6) is 0 Å². The molecule has 3 rings (SSSR count). The minimum absolute atomic E-state index is 0.0447. The quantitative estimate of drug-likeness (QED) is 0.0560. The predicted octanol–water partition coefficient (Wildman–Crippen LogP) is -2.15. The van der Waals surface area contributed by atoms with Gasteiger partial charge in [-0.05, 0) is 43.5 Å². The van der Waals surface area contributed by atoms with Crippen LogP contribution < -0.4 is 48.4 Å². The van der Waals surface area contributed by atoms with E-state index >= 15 is 0 Å². The number of nitrogens with two attached hydrogens (primary N) is 1. The third-order valence-electron chi connectivity index (χ3n) is 7.01. The first kappa shape index (κ1) is 32.7. The molecule has 2 aliphatic heterocycles. The lowest BCUT2D eigenvalue weighted by molar-refractivity contribution is -0.139. The number of amides is 4. The molecule has 2 aliphatic rings. The zero-order valence-electron chi connectivity index (χ0n) is 23.3.